The Morgan fingerprint density at radius 1 is 1.35 bits per heavy atom. The summed E-state index contributed by atoms with van der Waals surface area (Å²) in [4.78, 5) is 27.3. The number of thiophene rings is 1. The molecule has 1 aliphatic heterocycles. The minimum atomic E-state index is -0.300. The summed E-state index contributed by atoms with van der Waals surface area (Å²) in [5.74, 6) is -0.257. The van der Waals surface area contributed by atoms with Gasteiger partial charge in [0.05, 0.1) is 13.0 Å². The van der Waals surface area contributed by atoms with E-state index in [1.807, 2.05) is 11.0 Å². The highest BCUT2D eigenvalue weighted by molar-refractivity contribution is 7.09. The minimum Gasteiger partial charge on any atom is -0.466 e. The molecule has 2 rings (SSSR count). The Hall–Kier alpha value is -1.40. The van der Waals surface area contributed by atoms with Gasteiger partial charge in [-0.05, 0) is 37.6 Å². The van der Waals surface area contributed by atoms with Gasteiger partial charge in [-0.3, -0.25) is 9.59 Å². The summed E-state index contributed by atoms with van der Waals surface area (Å²) < 4.78 is 10.3. The van der Waals surface area contributed by atoms with Crippen molar-refractivity contribution in [1.82, 2.24) is 4.90 Å². The molecule has 23 heavy (non-hydrogen) atoms. The van der Waals surface area contributed by atoms with E-state index in [9.17, 15) is 9.59 Å². The molecule has 0 bridgehead atoms. The summed E-state index contributed by atoms with van der Waals surface area (Å²) in [6.07, 6.45) is 2.98. The Bertz CT molecular complexity index is 483. The first-order chi connectivity index (χ1) is 11.2. The third-order valence-electron chi connectivity index (χ3n) is 3.98. The highest BCUT2D eigenvalue weighted by atomic mass is 32.1. The minimum absolute atomic E-state index is 0.0431. The molecule has 0 atom stereocenters. The maximum atomic E-state index is 12.6. The molecule has 0 N–H and O–H groups in total. The Balaban J connectivity index is 1.91. The zero-order valence-electron chi connectivity index (χ0n) is 13.7. The molecule has 0 aromatic carbocycles. The van der Waals surface area contributed by atoms with Crippen molar-refractivity contribution in [3.05, 3.63) is 22.4 Å². The molecular formula is C17H25NO4S. The highest BCUT2D eigenvalue weighted by Crippen LogP contribution is 2.18. The second-order valence-electron chi connectivity index (χ2n) is 5.57. The number of hydrogen-bond donors (Lipinski definition) is 0. The summed E-state index contributed by atoms with van der Waals surface area (Å²) in [5, 5.41) is 2.05. The van der Waals surface area contributed by atoms with Crippen LogP contribution in [0.3, 0.4) is 0 Å². The topological polar surface area (TPSA) is 55.8 Å². The van der Waals surface area contributed by atoms with Crippen molar-refractivity contribution in [2.75, 3.05) is 26.4 Å². The first kappa shape index (κ1) is 17.9. The van der Waals surface area contributed by atoms with Crippen LogP contribution >= 0.6 is 11.3 Å². The fourth-order valence-corrected chi connectivity index (χ4v) is 3.48. The van der Waals surface area contributed by atoms with E-state index in [1.54, 1.807) is 18.3 Å². The quantitative estimate of drug-likeness (QED) is 0.683. The molecular weight excluding hydrogens is 314 g/mol. The van der Waals surface area contributed by atoms with Crippen LogP contribution in [0.5, 0.6) is 0 Å². The molecule has 1 aliphatic rings. The number of nitrogens with zero attached hydrogens (tertiary/aromatic N) is 1. The van der Waals surface area contributed by atoms with Gasteiger partial charge in [-0.1, -0.05) is 6.07 Å². The number of amides is 1. The van der Waals surface area contributed by atoms with E-state index in [4.69, 9.17) is 9.47 Å². The summed E-state index contributed by atoms with van der Waals surface area (Å²) in [6.45, 7) is 4.23. The molecule has 0 saturated carbocycles. The summed E-state index contributed by atoms with van der Waals surface area (Å²) in [6, 6.07) is 4.34. The molecule has 0 aliphatic carbocycles. The molecule has 1 aromatic heterocycles. The molecule has 1 amide bonds. The van der Waals surface area contributed by atoms with Gasteiger partial charge in [-0.25, -0.2) is 0 Å². The Morgan fingerprint density at radius 2 is 2.13 bits per heavy atom. The van der Waals surface area contributed by atoms with Crippen molar-refractivity contribution in [2.45, 2.75) is 45.1 Å². The molecule has 1 saturated heterocycles. The fraction of sp³-hybridized carbons (Fsp3) is 0.647. The van der Waals surface area contributed by atoms with Gasteiger partial charge in [-0.2, -0.15) is 0 Å². The van der Waals surface area contributed by atoms with Crippen LogP contribution in [0.4, 0.5) is 0 Å². The molecule has 6 heteroatoms. The van der Waals surface area contributed by atoms with E-state index in [1.165, 1.54) is 4.88 Å². The maximum Gasteiger partial charge on any atom is 0.306 e. The van der Waals surface area contributed by atoms with Crippen molar-refractivity contribution in [2.24, 2.45) is 0 Å². The van der Waals surface area contributed by atoms with Crippen molar-refractivity contribution >= 4 is 23.2 Å². The molecule has 2 heterocycles. The van der Waals surface area contributed by atoms with E-state index < -0.39 is 0 Å². The number of carbonyl (C=O) groups excluding carboxylic acids is 2. The predicted octanol–water partition coefficient (Wildman–Crippen LogP) is 2.64. The van der Waals surface area contributed by atoms with Crippen LogP contribution in [0.25, 0.3) is 0 Å². The van der Waals surface area contributed by atoms with E-state index in [0.29, 0.717) is 26.4 Å². The first-order valence-electron chi connectivity index (χ1n) is 8.26. The lowest BCUT2D eigenvalue weighted by Gasteiger charge is -2.34. The molecule has 0 radical (unpaired) electrons. The third-order valence-corrected chi connectivity index (χ3v) is 4.92. The van der Waals surface area contributed by atoms with Crippen LogP contribution in [0, 0.1) is 0 Å². The van der Waals surface area contributed by atoms with Crippen LogP contribution < -0.4 is 0 Å². The van der Waals surface area contributed by atoms with Gasteiger partial charge in [0.2, 0.25) is 5.91 Å². The molecule has 5 nitrogen and oxygen atoms in total. The van der Waals surface area contributed by atoms with Crippen molar-refractivity contribution < 1.29 is 19.1 Å². The van der Waals surface area contributed by atoms with E-state index in [0.717, 1.165) is 19.3 Å². The average molecular weight is 339 g/mol. The molecule has 128 valence electrons. The monoisotopic (exact) mass is 339 g/mol. The van der Waals surface area contributed by atoms with Crippen LogP contribution in [0.1, 0.15) is 37.5 Å². The van der Waals surface area contributed by atoms with Crippen LogP contribution in [-0.4, -0.2) is 49.2 Å². The second-order valence-corrected chi connectivity index (χ2v) is 6.60. The van der Waals surface area contributed by atoms with Crippen LogP contribution in [0.15, 0.2) is 17.5 Å². The van der Waals surface area contributed by atoms with E-state index in [2.05, 4.69) is 11.4 Å². The highest BCUT2D eigenvalue weighted by Gasteiger charge is 2.26. The zero-order valence-corrected chi connectivity index (χ0v) is 14.5. The maximum absolute atomic E-state index is 12.6. The number of hydrogen-bond acceptors (Lipinski definition) is 5. The number of carbonyl (C=O) groups is 2. The number of ether oxygens (including phenoxy) is 2. The Labute approximate surface area is 141 Å². The van der Waals surface area contributed by atoms with Crippen molar-refractivity contribution in [1.29, 1.82) is 0 Å². The SMILES string of the molecule is CCOC(=O)CCC(=O)N(CCc1cccs1)C1CCOCC1. The van der Waals surface area contributed by atoms with Gasteiger partial charge in [0.25, 0.3) is 0 Å². The van der Waals surface area contributed by atoms with Gasteiger partial charge >= 0.3 is 5.97 Å². The van der Waals surface area contributed by atoms with E-state index >= 15 is 0 Å². The van der Waals surface area contributed by atoms with Crippen molar-refractivity contribution in [3.63, 3.8) is 0 Å². The Morgan fingerprint density at radius 3 is 2.78 bits per heavy atom. The molecule has 0 unspecified atom stereocenters. The molecule has 1 aromatic rings. The number of esters is 1. The van der Waals surface area contributed by atoms with Gasteiger partial charge < -0.3 is 14.4 Å². The average Bonchev–Trinajstić information content (AvgIpc) is 3.08. The predicted molar refractivity (Wildman–Crippen MR) is 89.4 cm³/mol. The standard InChI is InChI=1S/C17H25NO4S/c1-2-22-17(20)6-5-16(19)18(14-8-11-21-12-9-14)10-7-15-4-3-13-23-15/h3-4,13-14H,2,5-12H2,1H3. The van der Waals surface area contributed by atoms with Gasteiger partial charge in [0, 0.05) is 37.1 Å². The van der Waals surface area contributed by atoms with Gasteiger partial charge in [0.15, 0.2) is 0 Å². The summed E-state index contributed by atoms with van der Waals surface area (Å²) >= 11 is 1.71. The van der Waals surface area contributed by atoms with Gasteiger partial charge in [-0.15, -0.1) is 11.3 Å². The smallest absolute Gasteiger partial charge is 0.306 e. The number of rotatable bonds is 8. The van der Waals surface area contributed by atoms with Crippen molar-refractivity contribution in [3.8, 4) is 0 Å². The van der Waals surface area contributed by atoms with Crippen LogP contribution in [-0.2, 0) is 25.5 Å². The molecule has 1 fully saturated rings. The first-order valence-corrected chi connectivity index (χ1v) is 9.14. The lowest BCUT2D eigenvalue weighted by Crippen LogP contribution is -2.44. The zero-order chi connectivity index (χ0) is 16.5. The molecule has 0 spiro atoms. The van der Waals surface area contributed by atoms with Crippen LogP contribution in [0.2, 0.25) is 0 Å². The fourth-order valence-electron chi connectivity index (χ4n) is 2.78. The Kier molecular flexibility index (Phi) is 7.55. The largest absolute Gasteiger partial charge is 0.466 e. The summed E-state index contributed by atoms with van der Waals surface area (Å²) in [7, 11) is 0. The van der Waals surface area contributed by atoms with Gasteiger partial charge in [0.1, 0.15) is 0 Å². The second kappa shape index (κ2) is 9.67. The normalized spacial score (nSPS) is 15.3. The summed E-state index contributed by atoms with van der Waals surface area (Å²) in [5.41, 5.74) is 0. The third kappa shape index (κ3) is 5.95. The van der Waals surface area contributed by atoms with E-state index in [-0.39, 0.29) is 30.8 Å². The lowest BCUT2D eigenvalue weighted by atomic mass is 10.1. The lowest BCUT2D eigenvalue weighted by molar-refractivity contribution is -0.146.